The Bertz CT molecular complexity index is 378. The number of nitrogens with two attached hydrogens (primary N) is 1. The summed E-state index contributed by atoms with van der Waals surface area (Å²) < 4.78 is 0. The fraction of sp³-hybridized carbons (Fsp3) is 0.300. The topological polar surface area (TPSA) is 55.1 Å². The van der Waals surface area contributed by atoms with E-state index in [-0.39, 0.29) is 11.9 Å². The number of carbonyl (C=O) groups excluding carboxylic acids is 1. The van der Waals surface area contributed by atoms with Crippen LogP contribution in [-0.4, -0.2) is 11.7 Å². The van der Waals surface area contributed by atoms with Gasteiger partial charge in [-0.15, -0.1) is 0 Å². The van der Waals surface area contributed by atoms with Gasteiger partial charge in [0, 0.05) is 17.5 Å². The molecule has 0 saturated carbocycles. The number of amides is 1. The van der Waals surface area contributed by atoms with Crippen molar-refractivity contribution in [2.75, 3.05) is 11.1 Å². The first-order valence-corrected chi connectivity index (χ1v) is 5.13. The predicted molar refractivity (Wildman–Crippen MR) is 59.6 cm³/mol. The van der Waals surface area contributed by atoms with Gasteiger partial charge in [-0.2, -0.15) is 12.6 Å². The fourth-order valence-corrected chi connectivity index (χ4v) is 1.80. The van der Waals surface area contributed by atoms with E-state index in [9.17, 15) is 4.79 Å². The van der Waals surface area contributed by atoms with Crippen LogP contribution < -0.4 is 11.1 Å². The maximum Gasteiger partial charge on any atom is 0.228 e. The third-order valence-electron chi connectivity index (χ3n) is 2.38. The number of rotatable bonds is 2. The molecule has 1 amide bonds. The summed E-state index contributed by atoms with van der Waals surface area (Å²) in [5.74, 6) is 0.664. The average molecular weight is 208 g/mol. The number of carbonyl (C=O) groups is 1. The third-order valence-corrected chi connectivity index (χ3v) is 2.77. The molecule has 74 valence electrons. The van der Waals surface area contributed by atoms with Crippen LogP contribution in [0, 0.1) is 0 Å². The molecule has 0 bridgehead atoms. The second kappa shape index (κ2) is 3.63. The summed E-state index contributed by atoms with van der Waals surface area (Å²) in [6.07, 6.45) is 0.461. The van der Waals surface area contributed by atoms with Gasteiger partial charge in [-0.3, -0.25) is 4.79 Å². The van der Waals surface area contributed by atoms with Crippen LogP contribution in [0.1, 0.15) is 17.2 Å². The lowest BCUT2D eigenvalue weighted by molar-refractivity contribution is -0.115. The average Bonchev–Trinajstić information content (AvgIpc) is 2.55. The Morgan fingerprint density at radius 2 is 2.36 bits per heavy atom. The Morgan fingerprint density at radius 3 is 3.07 bits per heavy atom. The highest BCUT2D eigenvalue weighted by molar-refractivity contribution is 7.80. The molecule has 1 aliphatic heterocycles. The lowest BCUT2D eigenvalue weighted by Crippen LogP contribution is -2.11. The van der Waals surface area contributed by atoms with E-state index >= 15 is 0 Å². The normalized spacial score (nSPS) is 16.3. The molecule has 0 spiro atoms. The molecule has 0 aromatic heterocycles. The molecule has 0 radical (unpaired) electrons. The zero-order chi connectivity index (χ0) is 10.1. The monoisotopic (exact) mass is 208 g/mol. The van der Waals surface area contributed by atoms with Crippen LogP contribution in [0.2, 0.25) is 0 Å². The first kappa shape index (κ1) is 9.55. The molecule has 3 nitrogen and oxygen atoms in total. The zero-order valence-electron chi connectivity index (χ0n) is 7.66. The minimum Gasteiger partial charge on any atom is -0.326 e. The maximum absolute atomic E-state index is 11.1. The van der Waals surface area contributed by atoms with Crippen LogP contribution in [0.4, 0.5) is 5.69 Å². The van der Waals surface area contributed by atoms with Crippen molar-refractivity contribution < 1.29 is 4.79 Å². The molecule has 1 unspecified atom stereocenters. The molecule has 3 N–H and O–H groups in total. The molecule has 1 aromatic rings. The highest BCUT2D eigenvalue weighted by Gasteiger charge is 2.18. The van der Waals surface area contributed by atoms with Gasteiger partial charge in [-0.05, 0) is 17.2 Å². The number of hydrogen-bond acceptors (Lipinski definition) is 3. The van der Waals surface area contributed by atoms with E-state index in [0.717, 1.165) is 16.8 Å². The van der Waals surface area contributed by atoms with E-state index in [2.05, 4.69) is 17.9 Å². The lowest BCUT2D eigenvalue weighted by Gasteiger charge is -2.09. The summed E-state index contributed by atoms with van der Waals surface area (Å²) in [6, 6.07) is 5.76. The first-order valence-electron chi connectivity index (χ1n) is 4.50. The maximum atomic E-state index is 11.1. The van der Waals surface area contributed by atoms with E-state index in [1.54, 1.807) is 0 Å². The number of benzene rings is 1. The van der Waals surface area contributed by atoms with Crippen molar-refractivity contribution in [1.82, 2.24) is 0 Å². The minimum atomic E-state index is -0.0562. The molecule has 1 aromatic carbocycles. The van der Waals surface area contributed by atoms with E-state index in [1.807, 2.05) is 18.2 Å². The fourth-order valence-electron chi connectivity index (χ4n) is 1.59. The Hall–Kier alpha value is -1.00. The molecule has 0 fully saturated rings. The van der Waals surface area contributed by atoms with Crippen molar-refractivity contribution in [3.8, 4) is 0 Å². The number of thiol groups is 1. The zero-order valence-corrected chi connectivity index (χ0v) is 8.55. The second-order valence-electron chi connectivity index (χ2n) is 3.43. The lowest BCUT2D eigenvalue weighted by atomic mass is 10.0. The van der Waals surface area contributed by atoms with Crippen LogP contribution in [0.5, 0.6) is 0 Å². The number of fused-ring (bicyclic) bond motifs is 1. The van der Waals surface area contributed by atoms with Crippen LogP contribution in [0.25, 0.3) is 0 Å². The number of anilines is 1. The van der Waals surface area contributed by atoms with Crippen LogP contribution in [-0.2, 0) is 11.2 Å². The van der Waals surface area contributed by atoms with Crippen LogP contribution >= 0.6 is 12.6 Å². The van der Waals surface area contributed by atoms with E-state index < -0.39 is 0 Å². The summed E-state index contributed by atoms with van der Waals surface area (Å²) in [7, 11) is 0. The molecular weight excluding hydrogens is 196 g/mol. The quantitative estimate of drug-likeness (QED) is 0.638. The third kappa shape index (κ3) is 1.63. The Morgan fingerprint density at radius 1 is 1.57 bits per heavy atom. The molecule has 1 atom stereocenters. The number of hydrogen-bond donors (Lipinski definition) is 3. The Balaban J connectivity index is 2.32. The Kier molecular flexibility index (Phi) is 2.48. The molecule has 0 aliphatic carbocycles. The predicted octanol–water partition coefficient (Wildman–Crippen LogP) is 1.11. The highest BCUT2D eigenvalue weighted by atomic mass is 32.1. The minimum absolute atomic E-state index is 0.0524. The molecule has 0 saturated heterocycles. The van der Waals surface area contributed by atoms with Gasteiger partial charge in [0.15, 0.2) is 0 Å². The van der Waals surface area contributed by atoms with E-state index in [0.29, 0.717) is 12.2 Å². The molecule has 1 aliphatic rings. The van der Waals surface area contributed by atoms with Gasteiger partial charge in [0.05, 0.1) is 6.42 Å². The van der Waals surface area contributed by atoms with Gasteiger partial charge in [0.25, 0.3) is 0 Å². The summed E-state index contributed by atoms with van der Waals surface area (Å²) in [6.45, 7) is 0. The Labute approximate surface area is 88.1 Å². The van der Waals surface area contributed by atoms with Crippen molar-refractivity contribution in [2.24, 2.45) is 5.73 Å². The summed E-state index contributed by atoms with van der Waals surface area (Å²) in [5.41, 5.74) is 8.82. The van der Waals surface area contributed by atoms with Gasteiger partial charge in [0.1, 0.15) is 0 Å². The van der Waals surface area contributed by atoms with Crippen molar-refractivity contribution >= 4 is 24.2 Å². The molecule has 2 rings (SSSR count). The molecule has 4 heteroatoms. The first-order chi connectivity index (χ1) is 6.70. The number of nitrogens with one attached hydrogen (secondary N) is 1. The summed E-state index contributed by atoms with van der Waals surface area (Å²) >= 11 is 4.14. The van der Waals surface area contributed by atoms with E-state index in [1.165, 1.54) is 0 Å². The van der Waals surface area contributed by atoms with E-state index in [4.69, 9.17) is 5.73 Å². The van der Waals surface area contributed by atoms with Crippen LogP contribution in [0.15, 0.2) is 18.2 Å². The van der Waals surface area contributed by atoms with Gasteiger partial charge in [-0.1, -0.05) is 12.1 Å². The summed E-state index contributed by atoms with van der Waals surface area (Å²) in [4.78, 5) is 11.1. The van der Waals surface area contributed by atoms with Gasteiger partial charge in [-0.25, -0.2) is 0 Å². The van der Waals surface area contributed by atoms with Crippen molar-refractivity contribution in [2.45, 2.75) is 12.5 Å². The smallest absolute Gasteiger partial charge is 0.228 e. The largest absolute Gasteiger partial charge is 0.326 e. The van der Waals surface area contributed by atoms with Crippen LogP contribution in [0.3, 0.4) is 0 Å². The molecule has 14 heavy (non-hydrogen) atoms. The van der Waals surface area contributed by atoms with Crippen molar-refractivity contribution in [1.29, 1.82) is 0 Å². The molecular formula is C10H12N2OS. The standard InChI is InChI=1S/C10H12N2OS/c11-8(5-14)6-1-2-9-7(3-6)4-10(13)12-9/h1-3,8,14H,4-5,11H2,(H,12,13). The van der Waals surface area contributed by atoms with Gasteiger partial charge < -0.3 is 11.1 Å². The van der Waals surface area contributed by atoms with Gasteiger partial charge >= 0.3 is 0 Å². The van der Waals surface area contributed by atoms with Crippen molar-refractivity contribution in [3.63, 3.8) is 0 Å². The van der Waals surface area contributed by atoms with Crippen molar-refractivity contribution in [3.05, 3.63) is 29.3 Å². The summed E-state index contributed by atoms with van der Waals surface area (Å²) in [5, 5.41) is 2.78. The van der Waals surface area contributed by atoms with Gasteiger partial charge in [0.2, 0.25) is 5.91 Å². The SMILES string of the molecule is NC(CS)c1ccc2c(c1)CC(=O)N2. The second-order valence-corrected chi connectivity index (χ2v) is 3.80. The highest BCUT2D eigenvalue weighted by Crippen LogP contribution is 2.25. The molecule has 1 heterocycles.